The zero-order valence-electron chi connectivity index (χ0n) is 19.0. The molecule has 0 saturated heterocycles. The van der Waals surface area contributed by atoms with E-state index in [4.69, 9.17) is 9.47 Å². The number of nitrogens with one attached hydrogen (secondary N) is 1. The first-order valence-corrected chi connectivity index (χ1v) is 11.3. The SMILES string of the molecule is O=C1NC(=O)C2=C1c1cn(c3ccccc13)/C=C/O/C=C\O/C=C/N=C/Cn1cc2c2ccccc21. The summed E-state index contributed by atoms with van der Waals surface area (Å²) >= 11 is 0. The van der Waals surface area contributed by atoms with Crippen molar-refractivity contribution in [3.05, 3.63) is 103 Å². The van der Waals surface area contributed by atoms with Crippen molar-refractivity contribution in [3.63, 3.8) is 0 Å². The van der Waals surface area contributed by atoms with Crippen LogP contribution in [0.3, 0.4) is 0 Å². The van der Waals surface area contributed by atoms with Crippen LogP contribution >= 0.6 is 0 Å². The van der Waals surface area contributed by atoms with E-state index in [1.807, 2.05) is 70.1 Å². The van der Waals surface area contributed by atoms with Gasteiger partial charge in [-0.1, -0.05) is 36.4 Å². The number of aromatic nitrogens is 2. The van der Waals surface area contributed by atoms with E-state index < -0.39 is 11.8 Å². The van der Waals surface area contributed by atoms with Crippen molar-refractivity contribution in [2.75, 3.05) is 0 Å². The number of carbonyl (C=O) groups is 2. The number of hydrogen-bond acceptors (Lipinski definition) is 5. The van der Waals surface area contributed by atoms with Gasteiger partial charge in [-0.15, -0.1) is 0 Å². The highest BCUT2D eigenvalue weighted by Gasteiger charge is 2.35. The minimum Gasteiger partial charge on any atom is -0.468 e. The minimum absolute atomic E-state index is 0.343. The van der Waals surface area contributed by atoms with E-state index in [1.165, 1.54) is 31.2 Å². The standard InChI is InChI=1S/C28H20N4O4/c33-27-25-21-17-31(23-7-3-1-5-19(21)23)11-9-29-10-13-35-15-16-36-14-12-32-18-22(26(25)28(34)30-27)20-6-2-4-8-24(20)32/h1-10,12-18H,11H2,(H,30,33,34)/b13-10+,14-12+,16-15-,29-9+. The van der Waals surface area contributed by atoms with Crippen LogP contribution < -0.4 is 5.32 Å². The van der Waals surface area contributed by atoms with Crippen LogP contribution in [0.4, 0.5) is 0 Å². The van der Waals surface area contributed by atoms with Gasteiger partial charge in [0.2, 0.25) is 0 Å². The predicted molar refractivity (Wildman–Crippen MR) is 138 cm³/mol. The first kappa shape index (κ1) is 21.4. The molecule has 4 heterocycles. The van der Waals surface area contributed by atoms with Gasteiger partial charge in [0.1, 0.15) is 25.0 Å². The van der Waals surface area contributed by atoms with Crippen LogP contribution in [0.1, 0.15) is 11.1 Å². The van der Waals surface area contributed by atoms with Gasteiger partial charge < -0.3 is 18.6 Å². The van der Waals surface area contributed by atoms with Gasteiger partial charge in [0, 0.05) is 52.2 Å². The molecule has 4 aromatic rings. The molecule has 0 radical (unpaired) electrons. The highest BCUT2D eigenvalue weighted by Crippen LogP contribution is 2.39. The second kappa shape index (κ2) is 8.92. The lowest BCUT2D eigenvalue weighted by atomic mass is 9.95. The summed E-state index contributed by atoms with van der Waals surface area (Å²) in [5.74, 6) is -0.842. The molecule has 0 fully saturated rings. The van der Waals surface area contributed by atoms with Crippen LogP contribution in [0.5, 0.6) is 0 Å². The number of benzene rings is 2. The Balaban J connectivity index is 1.64. The Morgan fingerprint density at radius 3 is 2.17 bits per heavy atom. The van der Waals surface area contributed by atoms with Crippen molar-refractivity contribution in [3.8, 4) is 0 Å². The van der Waals surface area contributed by atoms with Crippen LogP contribution in [-0.2, 0) is 25.6 Å². The number of imide groups is 1. The summed E-state index contributed by atoms with van der Waals surface area (Å²) in [5, 5.41) is 4.23. The Hall–Kier alpha value is -5.11. The van der Waals surface area contributed by atoms with E-state index in [-0.39, 0.29) is 0 Å². The Morgan fingerprint density at radius 1 is 0.750 bits per heavy atom. The fraction of sp³-hybridized carbons (Fsp3) is 0.0357. The number of para-hydroxylation sites is 2. The molecular formula is C28H20N4O4. The monoisotopic (exact) mass is 476 g/mol. The maximum atomic E-state index is 13.2. The largest absolute Gasteiger partial charge is 0.468 e. The Morgan fingerprint density at radius 2 is 1.39 bits per heavy atom. The summed E-state index contributed by atoms with van der Waals surface area (Å²) < 4.78 is 14.5. The van der Waals surface area contributed by atoms with Crippen molar-refractivity contribution in [2.24, 2.45) is 4.99 Å². The van der Waals surface area contributed by atoms with Gasteiger partial charge in [-0.3, -0.25) is 19.9 Å². The minimum atomic E-state index is -0.423. The molecule has 8 nitrogen and oxygen atoms in total. The molecule has 0 atom stereocenters. The van der Waals surface area contributed by atoms with Crippen LogP contribution in [-0.4, -0.2) is 27.2 Å². The molecule has 2 aromatic carbocycles. The molecule has 2 amide bonds. The van der Waals surface area contributed by atoms with Gasteiger partial charge >= 0.3 is 0 Å². The number of nitrogens with zero attached hydrogens (tertiary/aromatic N) is 3. The number of amides is 2. The van der Waals surface area contributed by atoms with E-state index in [0.29, 0.717) is 28.8 Å². The van der Waals surface area contributed by atoms with Crippen molar-refractivity contribution < 1.29 is 19.1 Å². The van der Waals surface area contributed by atoms with Crippen LogP contribution in [0, 0.1) is 0 Å². The molecule has 36 heavy (non-hydrogen) atoms. The topological polar surface area (TPSA) is 86.8 Å². The highest BCUT2D eigenvalue weighted by molar-refractivity contribution is 6.50. The van der Waals surface area contributed by atoms with E-state index in [1.54, 1.807) is 12.4 Å². The van der Waals surface area contributed by atoms with Crippen LogP contribution in [0.15, 0.2) is 97.2 Å². The fourth-order valence-electron chi connectivity index (χ4n) is 4.62. The fourth-order valence-corrected chi connectivity index (χ4v) is 4.62. The quantitative estimate of drug-likeness (QED) is 0.374. The second-order valence-corrected chi connectivity index (χ2v) is 8.16. The summed E-state index contributed by atoms with van der Waals surface area (Å²) in [6.07, 6.45) is 14.4. The predicted octanol–water partition coefficient (Wildman–Crippen LogP) is 4.65. The number of ether oxygens (including phenoxy) is 2. The summed E-state index contributed by atoms with van der Waals surface area (Å²) in [5.41, 5.74) is 3.83. The maximum Gasteiger partial charge on any atom is 0.259 e. The van der Waals surface area contributed by atoms with Gasteiger partial charge in [0.05, 0.1) is 29.4 Å². The van der Waals surface area contributed by atoms with Crippen molar-refractivity contribution >= 4 is 57.2 Å². The smallest absolute Gasteiger partial charge is 0.259 e. The van der Waals surface area contributed by atoms with E-state index in [9.17, 15) is 9.59 Å². The van der Waals surface area contributed by atoms with Crippen molar-refractivity contribution in [1.82, 2.24) is 14.5 Å². The molecule has 6 rings (SSSR count). The molecule has 176 valence electrons. The summed E-state index contributed by atoms with van der Waals surface area (Å²) in [6, 6.07) is 15.5. The molecule has 0 saturated carbocycles. The molecule has 1 N–H and O–H groups in total. The molecule has 0 spiro atoms. The number of aliphatic imine (C=N–C) groups is 1. The first-order chi connectivity index (χ1) is 17.7. The van der Waals surface area contributed by atoms with Gasteiger partial charge in [-0.2, -0.15) is 0 Å². The summed E-state index contributed by atoms with van der Waals surface area (Å²) in [6.45, 7) is 0.464. The lowest BCUT2D eigenvalue weighted by Crippen LogP contribution is -2.22. The third kappa shape index (κ3) is 3.61. The zero-order chi connectivity index (χ0) is 24.5. The third-order valence-corrected chi connectivity index (χ3v) is 6.12. The lowest BCUT2D eigenvalue weighted by Gasteiger charge is -2.03. The zero-order valence-corrected chi connectivity index (χ0v) is 19.0. The molecule has 4 bridgehead atoms. The lowest BCUT2D eigenvalue weighted by molar-refractivity contribution is -0.122. The van der Waals surface area contributed by atoms with Gasteiger partial charge in [0.15, 0.2) is 0 Å². The van der Waals surface area contributed by atoms with Crippen LogP contribution in [0.25, 0.3) is 39.2 Å². The molecule has 8 heteroatoms. The Kier molecular flexibility index (Phi) is 5.31. The van der Waals surface area contributed by atoms with Crippen molar-refractivity contribution in [1.29, 1.82) is 0 Å². The van der Waals surface area contributed by atoms with E-state index in [0.717, 1.165) is 21.8 Å². The summed E-state index contributed by atoms with van der Waals surface area (Å²) in [4.78, 5) is 30.6. The van der Waals surface area contributed by atoms with Gasteiger partial charge in [-0.25, -0.2) is 0 Å². The number of fused-ring (bicyclic) bond motifs is 12. The van der Waals surface area contributed by atoms with E-state index >= 15 is 0 Å². The molecule has 0 aliphatic carbocycles. The molecule has 0 unspecified atom stereocenters. The van der Waals surface area contributed by atoms with Gasteiger partial charge in [0.25, 0.3) is 11.8 Å². The Bertz CT molecular complexity index is 1680. The van der Waals surface area contributed by atoms with Crippen molar-refractivity contribution in [2.45, 2.75) is 6.54 Å². The second-order valence-electron chi connectivity index (χ2n) is 8.16. The van der Waals surface area contributed by atoms with E-state index in [2.05, 4.69) is 10.3 Å². The normalized spacial score (nSPS) is 19.4. The molecule has 2 aliphatic heterocycles. The molecule has 2 aromatic heterocycles. The third-order valence-electron chi connectivity index (χ3n) is 6.12. The van der Waals surface area contributed by atoms with Gasteiger partial charge in [-0.05, 0) is 12.1 Å². The first-order valence-electron chi connectivity index (χ1n) is 11.3. The number of hydrogen-bond donors (Lipinski definition) is 1. The Labute approximate surface area is 205 Å². The maximum absolute atomic E-state index is 13.2. The molecule has 2 aliphatic rings. The highest BCUT2D eigenvalue weighted by atomic mass is 16.5. The molecular weight excluding hydrogens is 456 g/mol. The van der Waals surface area contributed by atoms with Crippen LogP contribution in [0.2, 0.25) is 0 Å². The summed E-state index contributed by atoms with van der Waals surface area (Å²) in [7, 11) is 0. The average Bonchev–Trinajstić information content (AvgIpc) is 3.52. The average molecular weight is 476 g/mol. The number of carbonyl (C=O) groups excluding carboxylic acids is 2. The number of rotatable bonds is 0.